The van der Waals surface area contributed by atoms with Gasteiger partial charge >= 0.3 is 5.97 Å². The first-order valence-corrected chi connectivity index (χ1v) is 9.82. The zero-order valence-electron chi connectivity index (χ0n) is 16.5. The van der Waals surface area contributed by atoms with Crippen LogP contribution in [0.25, 0.3) is 5.57 Å². The number of allylic oxidation sites excluding steroid dienone is 4. The largest absolute Gasteiger partial charge is 0.462 e. The van der Waals surface area contributed by atoms with Crippen molar-refractivity contribution in [3.8, 4) is 0 Å². The van der Waals surface area contributed by atoms with Gasteiger partial charge in [0.25, 0.3) is 0 Å². The topological polar surface area (TPSA) is 43.4 Å². The van der Waals surface area contributed by atoms with Gasteiger partial charge in [0.05, 0.1) is 12.2 Å². The number of rotatable bonds is 8. The molecule has 0 aromatic heterocycles. The minimum Gasteiger partial charge on any atom is -0.462 e. The van der Waals surface area contributed by atoms with E-state index in [1.165, 1.54) is 16.7 Å². The number of hydrogen-bond donors (Lipinski definition) is 0. The van der Waals surface area contributed by atoms with E-state index in [2.05, 4.69) is 43.3 Å². The van der Waals surface area contributed by atoms with Crippen molar-refractivity contribution >= 4 is 17.3 Å². The van der Waals surface area contributed by atoms with E-state index >= 15 is 0 Å². The first-order valence-electron chi connectivity index (χ1n) is 9.82. The lowest BCUT2D eigenvalue weighted by molar-refractivity contribution is -0.118. The van der Waals surface area contributed by atoms with Crippen molar-refractivity contribution in [3.63, 3.8) is 0 Å². The molecule has 0 bridgehead atoms. The number of esters is 1. The van der Waals surface area contributed by atoms with Crippen LogP contribution in [0.4, 0.5) is 0 Å². The van der Waals surface area contributed by atoms with E-state index < -0.39 is 0 Å². The highest BCUT2D eigenvalue weighted by atomic mass is 16.5. The highest BCUT2D eigenvalue weighted by molar-refractivity contribution is 5.89. The van der Waals surface area contributed by atoms with Crippen LogP contribution in [0.15, 0.2) is 72.3 Å². The number of Topliss-reactive ketones (excluding diaryl/α,β-unsaturated/α-hetero) is 1. The Morgan fingerprint density at radius 2 is 1.68 bits per heavy atom. The molecule has 1 aliphatic carbocycles. The van der Waals surface area contributed by atoms with Crippen LogP contribution in [0.3, 0.4) is 0 Å². The highest BCUT2D eigenvalue weighted by Crippen LogP contribution is 2.36. The minimum absolute atomic E-state index is 0.213. The third-order valence-electron chi connectivity index (χ3n) is 5.17. The SMILES string of the molecule is CCOC(=O)c1ccc(CC(=O)CCC2=CC=C(c3ccccc3)C2C)cc1. The Morgan fingerprint density at radius 3 is 2.36 bits per heavy atom. The second-order valence-electron chi connectivity index (χ2n) is 7.08. The number of carbonyl (C=O) groups excluding carboxylic acids is 2. The molecule has 1 atom stereocenters. The molecule has 3 heteroatoms. The van der Waals surface area contributed by atoms with Crippen molar-refractivity contribution in [2.75, 3.05) is 6.61 Å². The van der Waals surface area contributed by atoms with Gasteiger partial charge in [0.2, 0.25) is 0 Å². The molecule has 2 aromatic carbocycles. The van der Waals surface area contributed by atoms with Crippen molar-refractivity contribution in [2.24, 2.45) is 5.92 Å². The quantitative estimate of drug-likeness (QED) is 0.580. The number of ketones is 1. The molecular formula is C25H26O3. The maximum absolute atomic E-state index is 12.4. The molecular weight excluding hydrogens is 348 g/mol. The average Bonchev–Trinajstić information content (AvgIpc) is 3.08. The summed E-state index contributed by atoms with van der Waals surface area (Å²) in [6.07, 6.45) is 6.05. The molecule has 0 saturated heterocycles. The van der Waals surface area contributed by atoms with E-state index in [4.69, 9.17) is 4.74 Å². The average molecular weight is 374 g/mol. The maximum Gasteiger partial charge on any atom is 0.338 e. The number of benzene rings is 2. The molecule has 144 valence electrons. The standard InChI is InChI=1S/C25H26O3/c1-3-28-25(27)22-11-9-19(10-12-22)17-23(26)15-13-20-14-16-24(18(20)2)21-7-5-4-6-8-21/h4-12,14,16,18H,3,13,15,17H2,1-2H3. The monoisotopic (exact) mass is 374 g/mol. The van der Waals surface area contributed by atoms with Crippen LogP contribution in [0.2, 0.25) is 0 Å². The summed E-state index contributed by atoms with van der Waals surface area (Å²) in [5.41, 5.74) is 5.31. The summed E-state index contributed by atoms with van der Waals surface area (Å²) in [5.74, 6) is 0.230. The molecule has 0 N–H and O–H groups in total. The van der Waals surface area contributed by atoms with Gasteiger partial charge in [-0.3, -0.25) is 4.79 Å². The summed E-state index contributed by atoms with van der Waals surface area (Å²) in [6, 6.07) is 17.5. The Balaban J connectivity index is 1.49. The van der Waals surface area contributed by atoms with Gasteiger partial charge in [-0.15, -0.1) is 0 Å². The molecule has 3 nitrogen and oxygen atoms in total. The van der Waals surface area contributed by atoms with Crippen LogP contribution in [0.1, 0.15) is 48.2 Å². The van der Waals surface area contributed by atoms with Gasteiger partial charge in [0, 0.05) is 18.8 Å². The number of hydrogen-bond acceptors (Lipinski definition) is 3. The van der Waals surface area contributed by atoms with Gasteiger partial charge in [-0.2, -0.15) is 0 Å². The predicted molar refractivity (Wildman–Crippen MR) is 112 cm³/mol. The van der Waals surface area contributed by atoms with Crippen LogP contribution in [-0.4, -0.2) is 18.4 Å². The fraction of sp³-hybridized carbons (Fsp3) is 0.280. The van der Waals surface area contributed by atoms with Crippen LogP contribution < -0.4 is 0 Å². The molecule has 0 fully saturated rings. The molecule has 0 saturated carbocycles. The van der Waals surface area contributed by atoms with Gasteiger partial charge in [0.1, 0.15) is 5.78 Å². The fourth-order valence-corrected chi connectivity index (χ4v) is 3.53. The first kappa shape index (κ1) is 19.8. The van der Waals surface area contributed by atoms with Crippen molar-refractivity contribution < 1.29 is 14.3 Å². The third-order valence-corrected chi connectivity index (χ3v) is 5.17. The lowest BCUT2D eigenvalue weighted by Crippen LogP contribution is -2.07. The van der Waals surface area contributed by atoms with Crippen molar-refractivity contribution in [3.05, 3.63) is 89.0 Å². The van der Waals surface area contributed by atoms with Gasteiger partial charge in [-0.1, -0.05) is 67.1 Å². The summed E-state index contributed by atoms with van der Waals surface area (Å²) >= 11 is 0. The number of carbonyl (C=O) groups is 2. The first-order chi connectivity index (χ1) is 13.6. The van der Waals surface area contributed by atoms with Gasteiger partial charge in [-0.05, 0) is 42.2 Å². The third kappa shape index (κ3) is 4.86. The van der Waals surface area contributed by atoms with E-state index in [0.717, 1.165) is 12.0 Å². The molecule has 2 aromatic rings. The second-order valence-corrected chi connectivity index (χ2v) is 7.08. The van der Waals surface area contributed by atoms with E-state index in [1.807, 2.05) is 18.2 Å². The molecule has 1 aliphatic rings. The Hall–Kier alpha value is -2.94. The summed E-state index contributed by atoms with van der Waals surface area (Å²) in [5, 5.41) is 0. The molecule has 0 heterocycles. The predicted octanol–water partition coefficient (Wildman–Crippen LogP) is 5.41. The van der Waals surface area contributed by atoms with Crippen molar-refractivity contribution in [1.29, 1.82) is 0 Å². The van der Waals surface area contributed by atoms with Crippen LogP contribution >= 0.6 is 0 Å². The minimum atomic E-state index is -0.329. The summed E-state index contributed by atoms with van der Waals surface area (Å²) < 4.78 is 4.98. The highest BCUT2D eigenvalue weighted by Gasteiger charge is 2.20. The van der Waals surface area contributed by atoms with Crippen molar-refractivity contribution in [1.82, 2.24) is 0 Å². The zero-order valence-corrected chi connectivity index (χ0v) is 16.5. The Bertz CT molecular complexity index is 889. The molecule has 0 radical (unpaired) electrons. The normalized spacial score (nSPS) is 15.7. The summed E-state index contributed by atoms with van der Waals surface area (Å²) in [4.78, 5) is 24.1. The molecule has 28 heavy (non-hydrogen) atoms. The van der Waals surface area contributed by atoms with Gasteiger partial charge in [-0.25, -0.2) is 4.79 Å². The molecule has 0 amide bonds. The van der Waals surface area contributed by atoms with E-state index in [9.17, 15) is 9.59 Å². The Morgan fingerprint density at radius 1 is 0.964 bits per heavy atom. The lowest BCUT2D eigenvalue weighted by Gasteiger charge is -2.15. The van der Waals surface area contributed by atoms with Crippen LogP contribution in [0, 0.1) is 5.92 Å². The maximum atomic E-state index is 12.4. The molecule has 0 spiro atoms. The van der Waals surface area contributed by atoms with Gasteiger partial charge in [0.15, 0.2) is 0 Å². The summed E-state index contributed by atoms with van der Waals surface area (Å²) in [7, 11) is 0. The lowest BCUT2D eigenvalue weighted by atomic mass is 9.89. The molecule has 1 unspecified atom stereocenters. The summed E-state index contributed by atoms with van der Waals surface area (Å²) in [6.45, 7) is 4.34. The fourth-order valence-electron chi connectivity index (χ4n) is 3.53. The van der Waals surface area contributed by atoms with E-state index in [0.29, 0.717) is 30.9 Å². The Labute approximate surface area is 166 Å². The van der Waals surface area contributed by atoms with Crippen LogP contribution in [0.5, 0.6) is 0 Å². The van der Waals surface area contributed by atoms with E-state index in [1.54, 1.807) is 19.1 Å². The smallest absolute Gasteiger partial charge is 0.338 e. The van der Waals surface area contributed by atoms with Crippen LogP contribution in [-0.2, 0) is 16.0 Å². The Kier molecular flexibility index (Phi) is 6.59. The van der Waals surface area contributed by atoms with Crippen molar-refractivity contribution in [2.45, 2.75) is 33.1 Å². The molecule has 0 aliphatic heterocycles. The molecule has 3 rings (SSSR count). The second kappa shape index (κ2) is 9.32. The number of ether oxygens (including phenoxy) is 1. The van der Waals surface area contributed by atoms with E-state index in [-0.39, 0.29) is 11.8 Å². The zero-order chi connectivity index (χ0) is 19.9. The van der Waals surface area contributed by atoms with Gasteiger partial charge < -0.3 is 4.74 Å².